The zero-order chi connectivity index (χ0) is 29.7. The van der Waals surface area contributed by atoms with Gasteiger partial charge in [-0.2, -0.15) is 4.99 Å². The molecule has 0 spiro atoms. The summed E-state index contributed by atoms with van der Waals surface area (Å²) in [7, 11) is 0. The molecule has 5 atom stereocenters. The normalized spacial score (nSPS) is 14.4. The molecule has 5 unspecified atom stereocenters. The molecule has 0 aromatic carbocycles. The maximum atomic E-state index is 13.4. The maximum Gasteiger partial charge on any atom is 0.407 e. The van der Waals surface area contributed by atoms with Gasteiger partial charge in [0.25, 0.3) is 0 Å². The summed E-state index contributed by atoms with van der Waals surface area (Å²) in [4.78, 5) is 91.9. The average molecular weight is 551 g/mol. The minimum atomic E-state index is -1.20. The van der Waals surface area contributed by atoms with Crippen LogP contribution in [0.2, 0.25) is 0 Å². The highest BCUT2D eigenvalue weighted by Gasteiger charge is 2.27. The molecule has 0 saturated carbocycles. The molecule has 39 heavy (non-hydrogen) atoms. The molecule has 0 aliphatic rings. The molecule has 1 aromatic rings. The molecule has 1 amide bonds. The zero-order valence-corrected chi connectivity index (χ0v) is 22.6. The van der Waals surface area contributed by atoms with Gasteiger partial charge in [0.2, 0.25) is 12.2 Å². The molecule has 0 radical (unpaired) electrons. The van der Waals surface area contributed by atoms with Crippen LogP contribution in [0.3, 0.4) is 0 Å². The van der Waals surface area contributed by atoms with Gasteiger partial charge in [-0.3, -0.25) is 0 Å². The van der Waals surface area contributed by atoms with Gasteiger partial charge in [-0.15, -0.1) is 0 Å². The zero-order valence-electron chi connectivity index (χ0n) is 22.6. The Morgan fingerprint density at radius 3 is 1.92 bits per heavy atom. The minimum Gasteiger partial charge on any atom is -0.459 e. The fourth-order valence-electron chi connectivity index (χ4n) is 3.99. The van der Waals surface area contributed by atoms with Crippen LogP contribution in [0.4, 0.5) is 4.79 Å². The number of aliphatic imine (C=N–C) groups is 2. The van der Waals surface area contributed by atoms with Gasteiger partial charge in [-0.25, -0.2) is 52.3 Å². The summed E-state index contributed by atoms with van der Waals surface area (Å²) in [6.07, 6.45) is 1.99. The molecule has 0 aliphatic carbocycles. The van der Waals surface area contributed by atoms with E-state index < -0.39 is 59.5 Å². The number of nitrogens with zero attached hydrogens (tertiary/aromatic N) is 5. The van der Waals surface area contributed by atoms with Crippen LogP contribution in [0, 0.1) is 0 Å². The number of alkyl carbamates (subject to hydrolysis) is 1. The Labute approximate surface area is 223 Å². The summed E-state index contributed by atoms with van der Waals surface area (Å²) in [5, 5.41) is 2.55. The van der Waals surface area contributed by atoms with Gasteiger partial charge in [0.15, 0.2) is 0 Å². The molecule has 1 aromatic heterocycles. The average Bonchev–Trinajstić information content (AvgIpc) is 2.85. The van der Waals surface area contributed by atoms with Crippen molar-refractivity contribution < 1.29 is 28.7 Å². The van der Waals surface area contributed by atoms with Crippen molar-refractivity contribution in [3.05, 3.63) is 44.1 Å². The number of rotatable bonds is 15. The van der Waals surface area contributed by atoms with Crippen LogP contribution in [0.25, 0.3) is 0 Å². The van der Waals surface area contributed by atoms with E-state index in [9.17, 15) is 33.6 Å². The second-order valence-corrected chi connectivity index (χ2v) is 8.86. The number of esters is 1. The van der Waals surface area contributed by atoms with Crippen molar-refractivity contribution in [3.63, 3.8) is 0 Å². The Morgan fingerprint density at radius 2 is 1.41 bits per heavy atom. The SMILES string of the molecule is C=CC(=O)OCCOC(=O)NC(C)CC(C)n1c(=O)n(C(C)CC(C)N=C=O)c(=O)n(C(CC)N=C=O)c1=O. The lowest BCUT2D eigenvalue weighted by Crippen LogP contribution is -2.57. The number of hydrogen-bond acceptors (Lipinski definition) is 11. The lowest BCUT2D eigenvalue weighted by Gasteiger charge is -2.25. The van der Waals surface area contributed by atoms with Gasteiger partial charge in [-0.05, 0) is 47.0 Å². The summed E-state index contributed by atoms with van der Waals surface area (Å²) >= 11 is 0. The van der Waals surface area contributed by atoms with Gasteiger partial charge in [0.1, 0.15) is 19.4 Å². The standard InChI is InChI=1S/C24H34N6O9/c1-7-19(26-14-32)30-23(36)28(17(5)11-15(3)25-13-31)22(35)29(24(30)37)18(6)12-16(4)27-21(34)39-10-9-38-20(33)8-2/h8,15-19H,2,7,9-12H2,1,3-6H3,(H,27,34). The van der Waals surface area contributed by atoms with Crippen LogP contribution in [-0.2, 0) is 23.9 Å². The minimum absolute atomic E-state index is 0.0713. The first-order valence-corrected chi connectivity index (χ1v) is 12.3. The molecule has 214 valence electrons. The molecule has 1 heterocycles. The van der Waals surface area contributed by atoms with Gasteiger partial charge in [0, 0.05) is 24.2 Å². The highest BCUT2D eigenvalue weighted by Crippen LogP contribution is 2.14. The Hall–Kier alpha value is -4.35. The lowest BCUT2D eigenvalue weighted by atomic mass is 10.1. The third-order valence-corrected chi connectivity index (χ3v) is 5.72. The van der Waals surface area contributed by atoms with Crippen LogP contribution in [-0.4, -0.2) is 63.2 Å². The summed E-state index contributed by atoms with van der Waals surface area (Å²) in [5.41, 5.74) is -2.86. The number of hydrogen-bond donors (Lipinski definition) is 1. The molecule has 0 aliphatic heterocycles. The summed E-state index contributed by atoms with van der Waals surface area (Å²) in [6.45, 7) is 10.8. The number of aromatic nitrogens is 3. The highest BCUT2D eigenvalue weighted by atomic mass is 16.6. The van der Waals surface area contributed by atoms with Crippen LogP contribution in [0.1, 0.15) is 72.1 Å². The fraction of sp³-hybridized carbons (Fsp3) is 0.625. The summed E-state index contributed by atoms with van der Waals surface area (Å²) in [5.74, 6) is -0.664. The molecule has 1 N–H and O–H groups in total. The first kappa shape index (κ1) is 32.7. The van der Waals surface area contributed by atoms with Crippen molar-refractivity contribution in [1.29, 1.82) is 0 Å². The number of carbonyl (C=O) groups excluding carboxylic acids is 4. The largest absolute Gasteiger partial charge is 0.459 e. The van der Waals surface area contributed by atoms with E-state index in [-0.39, 0.29) is 32.5 Å². The van der Waals surface area contributed by atoms with E-state index >= 15 is 0 Å². The number of amides is 1. The molecule has 0 fully saturated rings. The molecule has 0 saturated heterocycles. The number of carbonyl (C=O) groups is 2. The Morgan fingerprint density at radius 1 is 0.897 bits per heavy atom. The van der Waals surface area contributed by atoms with Crippen molar-refractivity contribution in [2.24, 2.45) is 9.98 Å². The van der Waals surface area contributed by atoms with Gasteiger partial charge in [0.05, 0.1) is 6.04 Å². The van der Waals surface area contributed by atoms with Crippen molar-refractivity contribution in [2.45, 2.75) is 84.2 Å². The van der Waals surface area contributed by atoms with E-state index in [1.54, 1.807) is 34.6 Å². The summed E-state index contributed by atoms with van der Waals surface area (Å²) in [6, 6.07) is -2.79. The third-order valence-electron chi connectivity index (χ3n) is 5.72. The van der Waals surface area contributed by atoms with Crippen LogP contribution < -0.4 is 22.4 Å². The number of isocyanates is 2. The van der Waals surface area contributed by atoms with E-state index in [2.05, 4.69) is 21.9 Å². The third kappa shape index (κ3) is 9.16. The molecular weight excluding hydrogens is 516 g/mol. The van der Waals surface area contributed by atoms with Crippen LogP contribution in [0.5, 0.6) is 0 Å². The molecule has 1 rings (SSSR count). The van der Waals surface area contributed by atoms with E-state index in [0.717, 1.165) is 15.2 Å². The molecule has 0 bridgehead atoms. The van der Waals surface area contributed by atoms with E-state index in [0.29, 0.717) is 4.57 Å². The van der Waals surface area contributed by atoms with Gasteiger partial charge >= 0.3 is 29.1 Å². The number of nitrogens with one attached hydrogen (secondary N) is 1. The quantitative estimate of drug-likeness (QED) is 0.109. The molecule has 15 nitrogen and oxygen atoms in total. The molecular formula is C24H34N6O9. The first-order chi connectivity index (χ1) is 18.4. The topological polar surface area (TPSA) is 189 Å². The Balaban J connectivity index is 3.35. The van der Waals surface area contributed by atoms with E-state index in [1.165, 1.54) is 12.2 Å². The van der Waals surface area contributed by atoms with Crippen LogP contribution >= 0.6 is 0 Å². The summed E-state index contributed by atoms with van der Waals surface area (Å²) < 4.78 is 12.1. The van der Waals surface area contributed by atoms with Crippen molar-refractivity contribution in [2.75, 3.05) is 13.2 Å². The number of ether oxygens (including phenoxy) is 2. The predicted molar refractivity (Wildman–Crippen MR) is 138 cm³/mol. The van der Waals surface area contributed by atoms with E-state index in [1.807, 2.05) is 0 Å². The lowest BCUT2D eigenvalue weighted by molar-refractivity contribution is -0.138. The monoisotopic (exact) mass is 550 g/mol. The Kier molecular flexibility index (Phi) is 13.2. The second-order valence-electron chi connectivity index (χ2n) is 8.86. The molecule has 15 heteroatoms. The highest BCUT2D eigenvalue weighted by molar-refractivity contribution is 5.81. The Bertz CT molecular complexity index is 1300. The first-order valence-electron chi connectivity index (χ1n) is 12.3. The van der Waals surface area contributed by atoms with Crippen LogP contribution in [0.15, 0.2) is 37.0 Å². The van der Waals surface area contributed by atoms with Crippen molar-refractivity contribution >= 4 is 24.2 Å². The predicted octanol–water partition coefficient (Wildman–Crippen LogP) is 0.887. The van der Waals surface area contributed by atoms with Gasteiger partial charge < -0.3 is 14.8 Å². The maximum absolute atomic E-state index is 13.4. The smallest absolute Gasteiger partial charge is 0.407 e. The van der Waals surface area contributed by atoms with Gasteiger partial charge in [-0.1, -0.05) is 13.5 Å². The second kappa shape index (κ2) is 15.8. The van der Waals surface area contributed by atoms with Crippen molar-refractivity contribution in [3.8, 4) is 0 Å². The van der Waals surface area contributed by atoms with E-state index in [4.69, 9.17) is 9.47 Å². The fourth-order valence-corrected chi connectivity index (χ4v) is 3.99. The van der Waals surface area contributed by atoms with Crippen molar-refractivity contribution in [1.82, 2.24) is 19.0 Å².